The van der Waals surface area contributed by atoms with Crippen LogP contribution >= 0.6 is 11.6 Å². The molecule has 4 nitrogen and oxygen atoms in total. The molecule has 1 aliphatic carbocycles. The molecule has 23 heavy (non-hydrogen) atoms. The number of ether oxygens (including phenoxy) is 1. The van der Waals surface area contributed by atoms with Crippen LogP contribution < -0.4 is 9.64 Å². The highest BCUT2D eigenvalue weighted by molar-refractivity contribution is 6.28. The van der Waals surface area contributed by atoms with E-state index in [4.69, 9.17) is 16.3 Å². The van der Waals surface area contributed by atoms with Gasteiger partial charge in [-0.1, -0.05) is 12.1 Å². The highest BCUT2D eigenvalue weighted by Gasteiger charge is 2.32. The van der Waals surface area contributed by atoms with Gasteiger partial charge in [0.25, 0.3) is 0 Å². The maximum atomic E-state index is 12.2. The van der Waals surface area contributed by atoms with Crippen molar-refractivity contribution in [2.75, 3.05) is 24.9 Å². The van der Waals surface area contributed by atoms with Gasteiger partial charge in [0, 0.05) is 24.6 Å². The summed E-state index contributed by atoms with van der Waals surface area (Å²) in [6.45, 7) is 1.27. The Hall–Kier alpha value is -1.88. The molecule has 0 N–H and O–H groups in total. The normalized spacial score (nSPS) is 19.4. The van der Waals surface area contributed by atoms with Crippen molar-refractivity contribution in [1.82, 2.24) is 9.97 Å². The van der Waals surface area contributed by atoms with E-state index in [2.05, 4.69) is 14.9 Å². The monoisotopic (exact) mass is 333 g/mol. The van der Waals surface area contributed by atoms with Gasteiger partial charge in [0.1, 0.15) is 11.6 Å². The number of fused-ring (bicyclic) bond motifs is 1. The molecule has 2 aromatic rings. The number of rotatable bonds is 4. The maximum absolute atomic E-state index is 12.2. The summed E-state index contributed by atoms with van der Waals surface area (Å²) in [5.74, 6) is 1.76. The number of anilines is 1. The van der Waals surface area contributed by atoms with Crippen molar-refractivity contribution < 1.29 is 9.13 Å². The van der Waals surface area contributed by atoms with Crippen LogP contribution in [0.2, 0.25) is 5.28 Å². The SMILES string of the molecule is FCOc1ccc(C2CCc3c2nc(Cl)nc3N2CCC2)cc1. The van der Waals surface area contributed by atoms with Gasteiger partial charge in [-0.3, -0.25) is 0 Å². The summed E-state index contributed by atoms with van der Waals surface area (Å²) in [4.78, 5) is 11.2. The molecule has 1 aromatic carbocycles. The smallest absolute Gasteiger partial charge is 0.228 e. The molecule has 4 rings (SSSR count). The van der Waals surface area contributed by atoms with E-state index in [0.717, 1.165) is 43.0 Å². The van der Waals surface area contributed by atoms with E-state index >= 15 is 0 Å². The molecule has 0 saturated carbocycles. The minimum absolute atomic E-state index is 0.213. The van der Waals surface area contributed by atoms with E-state index in [1.165, 1.54) is 12.0 Å². The topological polar surface area (TPSA) is 38.3 Å². The summed E-state index contributed by atoms with van der Waals surface area (Å²) in [5.41, 5.74) is 3.41. The molecule has 0 spiro atoms. The van der Waals surface area contributed by atoms with Gasteiger partial charge in [-0.2, -0.15) is 0 Å². The van der Waals surface area contributed by atoms with Gasteiger partial charge in [0.05, 0.1) is 5.69 Å². The highest BCUT2D eigenvalue weighted by atomic mass is 35.5. The molecule has 1 fully saturated rings. The summed E-state index contributed by atoms with van der Waals surface area (Å²) < 4.78 is 17.1. The Kier molecular flexibility index (Phi) is 3.81. The predicted molar refractivity (Wildman–Crippen MR) is 87.1 cm³/mol. The first-order chi connectivity index (χ1) is 11.3. The molecule has 6 heteroatoms. The van der Waals surface area contributed by atoms with Crippen LogP contribution in [0.15, 0.2) is 24.3 Å². The second-order valence-electron chi connectivity index (χ2n) is 5.93. The van der Waals surface area contributed by atoms with Crippen LogP contribution in [-0.2, 0) is 6.42 Å². The van der Waals surface area contributed by atoms with E-state index in [0.29, 0.717) is 11.0 Å². The molecule has 1 saturated heterocycles. The lowest BCUT2D eigenvalue weighted by molar-refractivity contribution is 0.191. The van der Waals surface area contributed by atoms with Gasteiger partial charge < -0.3 is 9.64 Å². The number of aromatic nitrogens is 2. The molecule has 1 unspecified atom stereocenters. The summed E-state index contributed by atoms with van der Waals surface area (Å²) in [5, 5.41) is 0.315. The molecule has 1 aliphatic heterocycles. The van der Waals surface area contributed by atoms with Gasteiger partial charge in [-0.25, -0.2) is 14.4 Å². The molecule has 2 aliphatic rings. The zero-order chi connectivity index (χ0) is 15.8. The number of nitrogens with zero attached hydrogens (tertiary/aromatic N) is 3. The van der Waals surface area contributed by atoms with E-state index in [-0.39, 0.29) is 5.92 Å². The fourth-order valence-electron chi connectivity index (χ4n) is 3.39. The molecule has 0 bridgehead atoms. The number of alkyl halides is 1. The first kappa shape index (κ1) is 14.7. The summed E-state index contributed by atoms with van der Waals surface area (Å²) in [6, 6.07) is 7.55. The van der Waals surface area contributed by atoms with Gasteiger partial charge >= 0.3 is 0 Å². The largest absolute Gasteiger partial charge is 0.463 e. The molecule has 120 valence electrons. The number of hydrogen-bond donors (Lipinski definition) is 0. The summed E-state index contributed by atoms with van der Waals surface area (Å²) in [7, 11) is 0. The molecular weight excluding hydrogens is 317 g/mol. The zero-order valence-corrected chi connectivity index (χ0v) is 13.4. The third kappa shape index (κ3) is 2.63. The number of halogens is 2. The minimum atomic E-state index is -0.812. The molecule has 1 atom stereocenters. The van der Waals surface area contributed by atoms with Crippen molar-refractivity contribution in [2.45, 2.75) is 25.2 Å². The fourth-order valence-corrected chi connectivity index (χ4v) is 3.56. The number of hydrogen-bond acceptors (Lipinski definition) is 4. The molecule has 0 amide bonds. The van der Waals surface area contributed by atoms with Crippen molar-refractivity contribution in [1.29, 1.82) is 0 Å². The first-order valence-corrected chi connectivity index (χ1v) is 8.24. The third-order valence-corrected chi connectivity index (χ3v) is 4.83. The first-order valence-electron chi connectivity index (χ1n) is 7.86. The standard InChI is InChI=1S/C17H17ClFN3O/c18-17-20-15-13(11-2-4-12(5-3-11)23-10-19)6-7-14(15)16(21-17)22-8-1-9-22/h2-5,13H,1,6-10H2. The van der Waals surface area contributed by atoms with Gasteiger partial charge in [-0.15, -0.1) is 0 Å². The quantitative estimate of drug-likeness (QED) is 0.799. The second-order valence-corrected chi connectivity index (χ2v) is 6.27. The Morgan fingerprint density at radius 3 is 2.65 bits per heavy atom. The Bertz CT molecular complexity index is 719. The predicted octanol–water partition coefficient (Wildman–Crippen LogP) is 3.72. The van der Waals surface area contributed by atoms with Crippen LogP contribution in [-0.4, -0.2) is 29.9 Å². The van der Waals surface area contributed by atoms with Gasteiger partial charge in [0.15, 0.2) is 0 Å². The lowest BCUT2D eigenvalue weighted by Crippen LogP contribution is -2.38. The Morgan fingerprint density at radius 2 is 2.00 bits per heavy atom. The van der Waals surface area contributed by atoms with Crippen LogP contribution in [0.3, 0.4) is 0 Å². The van der Waals surface area contributed by atoms with E-state index in [1.54, 1.807) is 12.1 Å². The fraction of sp³-hybridized carbons (Fsp3) is 0.412. The van der Waals surface area contributed by atoms with Gasteiger partial charge in [-0.05, 0) is 48.6 Å². The lowest BCUT2D eigenvalue weighted by atomic mass is 9.96. The number of benzene rings is 1. The van der Waals surface area contributed by atoms with Gasteiger partial charge in [0.2, 0.25) is 12.1 Å². The average Bonchev–Trinajstić information content (AvgIpc) is 2.90. The minimum Gasteiger partial charge on any atom is -0.463 e. The van der Waals surface area contributed by atoms with Crippen LogP contribution in [0.1, 0.15) is 35.6 Å². The van der Waals surface area contributed by atoms with Crippen LogP contribution in [0.5, 0.6) is 5.75 Å². The lowest BCUT2D eigenvalue weighted by Gasteiger charge is -2.33. The van der Waals surface area contributed by atoms with Crippen molar-refractivity contribution in [3.8, 4) is 5.75 Å². The second kappa shape index (κ2) is 5.96. The average molecular weight is 334 g/mol. The van der Waals surface area contributed by atoms with Crippen LogP contribution in [0.4, 0.5) is 10.2 Å². The Labute approximate surface area is 139 Å². The molecule has 1 aromatic heterocycles. The van der Waals surface area contributed by atoms with Crippen molar-refractivity contribution in [3.05, 3.63) is 46.4 Å². The van der Waals surface area contributed by atoms with Crippen molar-refractivity contribution >= 4 is 17.4 Å². The van der Waals surface area contributed by atoms with Crippen molar-refractivity contribution in [2.24, 2.45) is 0 Å². The molecule has 0 radical (unpaired) electrons. The molecular formula is C17H17ClFN3O. The third-order valence-electron chi connectivity index (χ3n) is 4.66. The highest BCUT2D eigenvalue weighted by Crippen LogP contribution is 2.42. The maximum Gasteiger partial charge on any atom is 0.228 e. The Balaban J connectivity index is 1.68. The van der Waals surface area contributed by atoms with E-state index in [1.807, 2.05) is 12.1 Å². The van der Waals surface area contributed by atoms with Crippen molar-refractivity contribution in [3.63, 3.8) is 0 Å². The summed E-state index contributed by atoms with van der Waals surface area (Å²) in [6.07, 6.45) is 3.16. The van der Waals surface area contributed by atoms with Crippen LogP contribution in [0, 0.1) is 0 Å². The van der Waals surface area contributed by atoms with E-state index in [9.17, 15) is 4.39 Å². The zero-order valence-electron chi connectivity index (χ0n) is 12.6. The van der Waals surface area contributed by atoms with Crippen LogP contribution in [0.25, 0.3) is 0 Å². The Morgan fingerprint density at radius 1 is 1.22 bits per heavy atom. The molecule has 2 heterocycles. The van der Waals surface area contributed by atoms with E-state index < -0.39 is 6.86 Å². The summed E-state index contributed by atoms with van der Waals surface area (Å²) >= 11 is 6.16.